The number of fused-ring (bicyclic) bond motifs is 1. The van der Waals surface area contributed by atoms with E-state index < -0.39 is 0 Å². The highest BCUT2D eigenvalue weighted by Gasteiger charge is 2.12. The van der Waals surface area contributed by atoms with Crippen molar-refractivity contribution in [2.75, 3.05) is 7.11 Å². The van der Waals surface area contributed by atoms with Crippen molar-refractivity contribution in [2.24, 2.45) is 0 Å². The maximum atomic E-state index is 11.4. The molecule has 3 heteroatoms. The van der Waals surface area contributed by atoms with E-state index in [0.717, 1.165) is 10.1 Å². The lowest BCUT2D eigenvalue weighted by atomic mass is 10.1. The van der Waals surface area contributed by atoms with E-state index in [1.165, 1.54) is 12.7 Å². The van der Waals surface area contributed by atoms with Crippen LogP contribution in [-0.4, -0.2) is 13.1 Å². The second kappa shape index (κ2) is 3.42. The van der Waals surface area contributed by atoms with E-state index in [1.807, 2.05) is 30.5 Å². The van der Waals surface area contributed by atoms with Gasteiger partial charge in [-0.25, -0.2) is 4.79 Å². The zero-order chi connectivity index (χ0) is 10.1. The van der Waals surface area contributed by atoms with Crippen LogP contribution in [0, 0.1) is 6.92 Å². The fourth-order valence-corrected chi connectivity index (χ4v) is 2.49. The lowest BCUT2D eigenvalue weighted by Gasteiger charge is -1.97. The molecular formula is C11H10O2S. The topological polar surface area (TPSA) is 26.3 Å². The van der Waals surface area contributed by atoms with E-state index in [4.69, 9.17) is 4.74 Å². The van der Waals surface area contributed by atoms with Crippen molar-refractivity contribution in [3.8, 4) is 0 Å². The van der Waals surface area contributed by atoms with E-state index in [0.29, 0.717) is 5.56 Å². The Labute approximate surface area is 86.1 Å². The molecule has 0 amide bonds. The van der Waals surface area contributed by atoms with E-state index in [2.05, 4.69) is 0 Å². The minimum absolute atomic E-state index is 0.262. The second-order valence-electron chi connectivity index (χ2n) is 3.09. The van der Waals surface area contributed by atoms with E-state index in [9.17, 15) is 4.79 Å². The number of benzene rings is 1. The fourth-order valence-electron chi connectivity index (χ4n) is 1.47. The molecule has 1 heterocycles. The predicted octanol–water partition coefficient (Wildman–Crippen LogP) is 3.00. The maximum Gasteiger partial charge on any atom is 0.339 e. The Morgan fingerprint density at radius 1 is 1.43 bits per heavy atom. The molecule has 2 aromatic rings. The van der Waals surface area contributed by atoms with Gasteiger partial charge in [-0.1, -0.05) is 18.2 Å². The first-order chi connectivity index (χ1) is 6.74. The van der Waals surface area contributed by atoms with Crippen molar-refractivity contribution in [3.63, 3.8) is 0 Å². The molecule has 0 atom stereocenters. The molecule has 0 saturated heterocycles. The summed E-state index contributed by atoms with van der Waals surface area (Å²) in [5, 5.41) is 2.84. The summed E-state index contributed by atoms with van der Waals surface area (Å²) in [4.78, 5) is 11.4. The standard InChI is InChI=1S/C11H10O2S/c1-7-4-3-5-8-9(11(12)13-2)6-14-10(7)8/h3-6H,1-2H3. The van der Waals surface area contributed by atoms with Crippen LogP contribution in [0.25, 0.3) is 10.1 Å². The highest BCUT2D eigenvalue weighted by atomic mass is 32.1. The molecule has 0 aliphatic heterocycles. The van der Waals surface area contributed by atoms with Crippen molar-refractivity contribution < 1.29 is 9.53 Å². The van der Waals surface area contributed by atoms with Crippen LogP contribution < -0.4 is 0 Å². The molecule has 14 heavy (non-hydrogen) atoms. The number of ether oxygens (including phenoxy) is 1. The third-order valence-electron chi connectivity index (χ3n) is 2.20. The normalized spacial score (nSPS) is 10.4. The number of aryl methyl sites for hydroxylation is 1. The van der Waals surface area contributed by atoms with Gasteiger partial charge >= 0.3 is 5.97 Å². The number of hydrogen-bond acceptors (Lipinski definition) is 3. The summed E-state index contributed by atoms with van der Waals surface area (Å²) in [5.74, 6) is -0.262. The number of rotatable bonds is 1. The van der Waals surface area contributed by atoms with Gasteiger partial charge in [-0.3, -0.25) is 0 Å². The van der Waals surface area contributed by atoms with Crippen LogP contribution in [-0.2, 0) is 4.74 Å². The van der Waals surface area contributed by atoms with Crippen molar-refractivity contribution in [1.29, 1.82) is 0 Å². The highest BCUT2D eigenvalue weighted by Crippen LogP contribution is 2.28. The van der Waals surface area contributed by atoms with E-state index >= 15 is 0 Å². The minimum atomic E-state index is -0.262. The number of hydrogen-bond donors (Lipinski definition) is 0. The van der Waals surface area contributed by atoms with Crippen LogP contribution in [0.15, 0.2) is 23.6 Å². The lowest BCUT2D eigenvalue weighted by Crippen LogP contribution is -1.99. The Morgan fingerprint density at radius 3 is 2.93 bits per heavy atom. The molecule has 0 spiro atoms. The summed E-state index contributed by atoms with van der Waals surface area (Å²) in [6, 6.07) is 5.95. The Morgan fingerprint density at radius 2 is 2.21 bits per heavy atom. The summed E-state index contributed by atoms with van der Waals surface area (Å²) in [6.45, 7) is 2.04. The van der Waals surface area contributed by atoms with Crippen LogP contribution in [0.5, 0.6) is 0 Å². The minimum Gasteiger partial charge on any atom is -0.465 e. The molecule has 0 radical (unpaired) electrons. The first-order valence-electron chi connectivity index (χ1n) is 4.29. The molecule has 0 unspecified atom stereocenters. The molecule has 72 valence electrons. The average molecular weight is 206 g/mol. The van der Waals surface area contributed by atoms with Crippen molar-refractivity contribution in [2.45, 2.75) is 6.92 Å². The fraction of sp³-hybridized carbons (Fsp3) is 0.182. The average Bonchev–Trinajstić information content (AvgIpc) is 2.62. The molecule has 0 saturated carbocycles. The molecule has 1 aromatic heterocycles. The number of carbonyl (C=O) groups excluding carboxylic acids is 1. The zero-order valence-corrected chi connectivity index (χ0v) is 8.85. The first-order valence-corrected chi connectivity index (χ1v) is 5.17. The molecule has 0 N–H and O–H groups in total. The summed E-state index contributed by atoms with van der Waals surface area (Å²) in [5.41, 5.74) is 1.86. The van der Waals surface area contributed by atoms with Crippen molar-refractivity contribution in [3.05, 3.63) is 34.7 Å². The zero-order valence-electron chi connectivity index (χ0n) is 8.03. The van der Waals surface area contributed by atoms with Gasteiger partial charge in [-0.15, -0.1) is 11.3 Å². The van der Waals surface area contributed by atoms with Gasteiger partial charge in [0, 0.05) is 15.5 Å². The first kappa shape index (κ1) is 9.21. The van der Waals surface area contributed by atoms with Crippen LogP contribution in [0.2, 0.25) is 0 Å². The smallest absolute Gasteiger partial charge is 0.339 e. The summed E-state index contributed by atoms with van der Waals surface area (Å²) >= 11 is 1.58. The van der Waals surface area contributed by atoms with Crippen LogP contribution in [0.1, 0.15) is 15.9 Å². The van der Waals surface area contributed by atoms with Gasteiger partial charge in [0.2, 0.25) is 0 Å². The lowest BCUT2D eigenvalue weighted by molar-refractivity contribution is 0.0603. The van der Waals surface area contributed by atoms with Gasteiger partial charge in [-0.05, 0) is 12.5 Å². The largest absolute Gasteiger partial charge is 0.465 e. The highest BCUT2D eigenvalue weighted by molar-refractivity contribution is 7.17. The molecule has 1 aromatic carbocycles. The number of carbonyl (C=O) groups is 1. The van der Waals surface area contributed by atoms with Crippen LogP contribution >= 0.6 is 11.3 Å². The molecule has 0 aliphatic carbocycles. The molecule has 0 aliphatic rings. The third kappa shape index (κ3) is 1.30. The molecule has 0 bridgehead atoms. The van der Waals surface area contributed by atoms with E-state index in [1.54, 1.807) is 11.3 Å². The van der Waals surface area contributed by atoms with Gasteiger partial charge in [0.1, 0.15) is 0 Å². The number of thiophene rings is 1. The van der Waals surface area contributed by atoms with Crippen molar-refractivity contribution >= 4 is 27.4 Å². The molecule has 2 nitrogen and oxygen atoms in total. The Bertz CT molecular complexity index is 485. The Kier molecular flexibility index (Phi) is 2.25. The van der Waals surface area contributed by atoms with Crippen LogP contribution in [0.4, 0.5) is 0 Å². The Balaban J connectivity index is 2.70. The molecular weight excluding hydrogens is 196 g/mol. The monoisotopic (exact) mass is 206 g/mol. The molecule has 0 fully saturated rings. The number of methoxy groups -OCH3 is 1. The summed E-state index contributed by atoms with van der Waals surface area (Å²) in [7, 11) is 1.40. The van der Waals surface area contributed by atoms with Gasteiger partial charge < -0.3 is 4.74 Å². The third-order valence-corrected chi connectivity index (χ3v) is 3.33. The van der Waals surface area contributed by atoms with Gasteiger partial charge in [0.15, 0.2) is 0 Å². The van der Waals surface area contributed by atoms with Crippen LogP contribution in [0.3, 0.4) is 0 Å². The summed E-state index contributed by atoms with van der Waals surface area (Å²) in [6.07, 6.45) is 0. The van der Waals surface area contributed by atoms with Gasteiger partial charge in [-0.2, -0.15) is 0 Å². The van der Waals surface area contributed by atoms with Crippen molar-refractivity contribution in [1.82, 2.24) is 0 Å². The quantitative estimate of drug-likeness (QED) is 0.670. The van der Waals surface area contributed by atoms with Gasteiger partial charge in [0.25, 0.3) is 0 Å². The SMILES string of the molecule is COC(=O)c1csc2c(C)cccc12. The van der Waals surface area contributed by atoms with E-state index in [-0.39, 0.29) is 5.97 Å². The number of esters is 1. The van der Waals surface area contributed by atoms with Gasteiger partial charge in [0.05, 0.1) is 12.7 Å². The second-order valence-corrected chi connectivity index (χ2v) is 3.97. The predicted molar refractivity (Wildman–Crippen MR) is 57.9 cm³/mol. The molecule has 2 rings (SSSR count). The summed E-state index contributed by atoms with van der Waals surface area (Å²) < 4.78 is 5.87. The maximum absolute atomic E-state index is 11.4. The Hall–Kier alpha value is -1.35.